The van der Waals surface area contributed by atoms with E-state index in [1.165, 1.54) is 11.3 Å². The lowest BCUT2D eigenvalue weighted by atomic mass is 10.1. The lowest BCUT2D eigenvalue weighted by molar-refractivity contribution is 0.102. The van der Waals surface area contributed by atoms with Crippen LogP contribution in [0.25, 0.3) is 11.0 Å². The molecule has 0 aliphatic carbocycles. The normalized spacial score (nSPS) is 11.0. The highest BCUT2D eigenvalue weighted by Gasteiger charge is 2.14. The minimum atomic E-state index is -0.165. The summed E-state index contributed by atoms with van der Waals surface area (Å²) in [6.07, 6.45) is 0. The summed E-state index contributed by atoms with van der Waals surface area (Å²) in [5.74, 6) is 1.24. The average Bonchev–Trinajstić information content (AvgIpc) is 3.28. The Kier molecular flexibility index (Phi) is 4.88. The number of ether oxygens (including phenoxy) is 1. The van der Waals surface area contributed by atoms with Crippen molar-refractivity contribution in [1.82, 2.24) is 9.55 Å². The van der Waals surface area contributed by atoms with Crippen molar-refractivity contribution < 1.29 is 9.53 Å². The molecule has 1 amide bonds. The summed E-state index contributed by atoms with van der Waals surface area (Å²) >= 11 is 1.40. The van der Waals surface area contributed by atoms with Gasteiger partial charge in [-0.2, -0.15) is 0 Å². The van der Waals surface area contributed by atoms with Crippen molar-refractivity contribution in [2.75, 3.05) is 5.32 Å². The fourth-order valence-corrected chi connectivity index (χ4v) is 3.81. The minimum absolute atomic E-state index is 0.165. The predicted octanol–water partition coefficient (Wildman–Crippen LogP) is 5.08. The zero-order valence-electron chi connectivity index (χ0n) is 16.0. The fourth-order valence-electron chi connectivity index (χ4n) is 3.01. The number of aromatic nitrogens is 2. The summed E-state index contributed by atoms with van der Waals surface area (Å²) < 4.78 is 7.81. The van der Waals surface area contributed by atoms with Gasteiger partial charge in [0.25, 0.3) is 5.91 Å². The van der Waals surface area contributed by atoms with Gasteiger partial charge in [-0.25, -0.2) is 4.98 Å². The second kappa shape index (κ2) is 7.48. The number of hydrogen-bond donors (Lipinski definition) is 1. The van der Waals surface area contributed by atoms with E-state index in [0.717, 1.165) is 33.5 Å². The Hall–Kier alpha value is -3.12. The molecule has 0 saturated carbocycles. The molecule has 4 rings (SSSR count). The highest BCUT2D eigenvalue weighted by atomic mass is 32.1. The summed E-state index contributed by atoms with van der Waals surface area (Å²) in [6, 6.07) is 15.8. The number of hydrogen-bond acceptors (Lipinski definition) is 4. The zero-order valence-corrected chi connectivity index (χ0v) is 16.8. The Balaban J connectivity index is 1.45. The number of benzene rings is 2. The minimum Gasteiger partial charge on any atom is -0.489 e. The molecule has 0 unspecified atom stereocenters. The monoisotopic (exact) mass is 391 g/mol. The average molecular weight is 391 g/mol. The van der Waals surface area contributed by atoms with Crippen molar-refractivity contribution in [1.29, 1.82) is 0 Å². The first kappa shape index (κ1) is 18.3. The van der Waals surface area contributed by atoms with Crippen LogP contribution in [-0.4, -0.2) is 15.5 Å². The molecular weight excluding hydrogens is 370 g/mol. The topological polar surface area (TPSA) is 56.1 Å². The second-order valence-electron chi connectivity index (χ2n) is 6.81. The largest absolute Gasteiger partial charge is 0.489 e. The number of thiophene rings is 1. The van der Waals surface area contributed by atoms with Crippen LogP contribution in [0.4, 0.5) is 5.95 Å². The van der Waals surface area contributed by atoms with Crippen LogP contribution >= 0.6 is 11.3 Å². The van der Waals surface area contributed by atoms with E-state index in [9.17, 15) is 4.79 Å². The third kappa shape index (κ3) is 3.64. The van der Waals surface area contributed by atoms with Gasteiger partial charge in [-0.15, -0.1) is 11.3 Å². The van der Waals surface area contributed by atoms with Gasteiger partial charge in [-0.1, -0.05) is 24.3 Å². The van der Waals surface area contributed by atoms with Crippen LogP contribution in [0.5, 0.6) is 5.75 Å². The second-order valence-corrected chi connectivity index (χ2v) is 7.73. The Labute approximate surface area is 167 Å². The van der Waals surface area contributed by atoms with Crippen LogP contribution in [0, 0.1) is 13.8 Å². The number of para-hydroxylation sites is 2. The predicted molar refractivity (Wildman–Crippen MR) is 113 cm³/mol. The van der Waals surface area contributed by atoms with E-state index in [1.807, 2.05) is 73.3 Å². The Morgan fingerprint density at radius 1 is 1.18 bits per heavy atom. The quantitative estimate of drug-likeness (QED) is 0.516. The Bertz CT molecular complexity index is 1160. The van der Waals surface area contributed by atoms with Gasteiger partial charge in [-0.3, -0.25) is 10.1 Å². The number of carbonyl (C=O) groups is 1. The van der Waals surface area contributed by atoms with Crippen LogP contribution in [-0.2, 0) is 13.7 Å². The van der Waals surface area contributed by atoms with Crippen molar-refractivity contribution >= 4 is 34.2 Å². The third-order valence-corrected chi connectivity index (χ3v) is 5.61. The van der Waals surface area contributed by atoms with Crippen LogP contribution in [0.1, 0.15) is 26.4 Å². The first-order valence-corrected chi connectivity index (χ1v) is 9.89. The van der Waals surface area contributed by atoms with Gasteiger partial charge < -0.3 is 9.30 Å². The molecule has 2 aromatic carbocycles. The highest BCUT2D eigenvalue weighted by molar-refractivity contribution is 7.12. The van der Waals surface area contributed by atoms with Crippen molar-refractivity contribution in [3.8, 4) is 5.75 Å². The van der Waals surface area contributed by atoms with Crippen LogP contribution in [0.3, 0.4) is 0 Å². The van der Waals surface area contributed by atoms with Crippen LogP contribution in [0.15, 0.2) is 53.9 Å². The zero-order chi connectivity index (χ0) is 19.7. The number of fused-ring (bicyclic) bond motifs is 1. The molecule has 0 atom stereocenters. The van der Waals surface area contributed by atoms with E-state index in [1.54, 1.807) is 0 Å². The number of nitrogens with one attached hydrogen (secondary N) is 1. The molecule has 2 aromatic heterocycles. The maximum absolute atomic E-state index is 12.6. The van der Waals surface area contributed by atoms with Crippen molar-refractivity contribution in [3.05, 3.63) is 75.5 Å². The SMILES string of the molecule is Cc1ccc(C)c(OCc2csc(C(=O)Nc3nc4ccccc4n3C)c2)c1. The van der Waals surface area contributed by atoms with Gasteiger partial charge in [0, 0.05) is 12.6 Å². The molecule has 0 spiro atoms. The molecule has 0 fully saturated rings. The molecule has 0 aliphatic heterocycles. The van der Waals surface area contributed by atoms with Gasteiger partial charge in [0.2, 0.25) is 5.95 Å². The third-order valence-electron chi connectivity index (χ3n) is 4.63. The number of imidazole rings is 1. The van der Waals surface area contributed by atoms with Gasteiger partial charge in [-0.05, 0) is 54.6 Å². The van der Waals surface area contributed by atoms with E-state index in [2.05, 4.69) is 16.4 Å². The molecule has 5 nitrogen and oxygen atoms in total. The molecule has 0 aliphatic rings. The summed E-state index contributed by atoms with van der Waals surface area (Å²) in [7, 11) is 1.89. The first-order valence-electron chi connectivity index (χ1n) is 9.01. The maximum Gasteiger partial charge on any atom is 0.268 e. The molecule has 0 radical (unpaired) electrons. The summed E-state index contributed by atoms with van der Waals surface area (Å²) in [4.78, 5) is 17.8. The fraction of sp³-hybridized carbons (Fsp3) is 0.182. The van der Waals surface area contributed by atoms with Gasteiger partial charge >= 0.3 is 0 Å². The number of nitrogens with zero attached hydrogens (tertiary/aromatic N) is 2. The first-order chi connectivity index (χ1) is 13.5. The Morgan fingerprint density at radius 2 is 2.00 bits per heavy atom. The maximum atomic E-state index is 12.6. The lowest BCUT2D eigenvalue weighted by Crippen LogP contribution is -2.13. The smallest absolute Gasteiger partial charge is 0.268 e. The van der Waals surface area contributed by atoms with Gasteiger partial charge in [0.15, 0.2) is 0 Å². The summed E-state index contributed by atoms with van der Waals surface area (Å²) in [5.41, 5.74) is 5.07. The number of aryl methyl sites for hydroxylation is 3. The van der Waals surface area contributed by atoms with E-state index in [-0.39, 0.29) is 5.91 Å². The number of amides is 1. The van der Waals surface area contributed by atoms with Gasteiger partial charge in [0.05, 0.1) is 15.9 Å². The molecule has 6 heteroatoms. The van der Waals surface area contributed by atoms with Crippen molar-refractivity contribution in [2.24, 2.45) is 7.05 Å². The number of anilines is 1. The molecule has 0 bridgehead atoms. The molecular formula is C22H21N3O2S. The number of rotatable bonds is 5. The Morgan fingerprint density at radius 3 is 2.82 bits per heavy atom. The van der Waals surface area contributed by atoms with Crippen molar-refractivity contribution in [2.45, 2.75) is 20.5 Å². The lowest BCUT2D eigenvalue weighted by Gasteiger charge is -2.09. The molecule has 28 heavy (non-hydrogen) atoms. The molecule has 0 saturated heterocycles. The van der Waals surface area contributed by atoms with E-state index >= 15 is 0 Å². The summed E-state index contributed by atoms with van der Waals surface area (Å²) in [5, 5.41) is 4.86. The molecule has 1 N–H and O–H groups in total. The summed E-state index contributed by atoms with van der Waals surface area (Å²) in [6.45, 7) is 4.50. The van der Waals surface area contributed by atoms with E-state index < -0.39 is 0 Å². The van der Waals surface area contributed by atoms with Crippen molar-refractivity contribution in [3.63, 3.8) is 0 Å². The van der Waals surface area contributed by atoms with E-state index in [0.29, 0.717) is 17.4 Å². The number of carbonyl (C=O) groups excluding carboxylic acids is 1. The molecule has 142 valence electrons. The van der Waals surface area contributed by atoms with Crippen LogP contribution < -0.4 is 10.1 Å². The molecule has 4 aromatic rings. The van der Waals surface area contributed by atoms with E-state index in [4.69, 9.17) is 4.74 Å². The molecule has 2 heterocycles. The van der Waals surface area contributed by atoms with Crippen LogP contribution in [0.2, 0.25) is 0 Å². The highest BCUT2D eigenvalue weighted by Crippen LogP contribution is 2.23. The van der Waals surface area contributed by atoms with Gasteiger partial charge in [0.1, 0.15) is 12.4 Å². The standard InChI is InChI=1S/C22H21N3O2S/c1-14-8-9-15(2)19(10-14)27-12-16-11-20(28-13-16)21(26)24-22-23-17-6-4-5-7-18(17)25(22)3/h4-11,13H,12H2,1-3H3,(H,23,24,26).